The maximum Gasteiger partial charge on any atom is 0.205 e. The second-order valence-corrected chi connectivity index (χ2v) is 4.66. The van der Waals surface area contributed by atoms with Crippen LogP contribution in [0, 0.1) is 0 Å². The van der Waals surface area contributed by atoms with Crippen LogP contribution in [0.15, 0.2) is 9.98 Å². The molecule has 2 atom stereocenters. The van der Waals surface area contributed by atoms with E-state index < -0.39 is 0 Å². The van der Waals surface area contributed by atoms with Crippen LogP contribution in [-0.2, 0) is 0 Å². The number of guanidine groups is 1. The van der Waals surface area contributed by atoms with Crippen molar-refractivity contribution in [2.45, 2.75) is 19.0 Å². The highest BCUT2D eigenvalue weighted by molar-refractivity contribution is 7.99. The largest absolute Gasteiger partial charge is 0.371 e. The number of rotatable bonds is 5. The van der Waals surface area contributed by atoms with Crippen LogP contribution in [0.3, 0.4) is 0 Å². The van der Waals surface area contributed by atoms with Crippen molar-refractivity contribution in [3.05, 3.63) is 0 Å². The van der Waals surface area contributed by atoms with Gasteiger partial charge in [-0.15, -0.1) is 0 Å². The van der Waals surface area contributed by atoms with E-state index in [2.05, 4.69) is 33.0 Å². The minimum Gasteiger partial charge on any atom is -0.371 e. The molecule has 1 rings (SSSR count). The highest BCUT2D eigenvalue weighted by Gasteiger charge is 2.18. The van der Waals surface area contributed by atoms with Crippen LogP contribution in [0.5, 0.6) is 0 Å². The van der Waals surface area contributed by atoms with Crippen LogP contribution < -0.4 is 21.9 Å². The lowest BCUT2D eigenvalue weighted by molar-refractivity contribution is 0.610. The predicted molar refractivity (Wildman–Crippen MR) is 70.9 cm³/mol. The zero-order valence-corrected chi connectivity index (χ0v) is 10.5. The number of hydrazine groups is 1. The number of hydrogen-bond acceptors (Lipinski definition) is 5. The molecule has 92 valence electrons. The van der Waals surface area contributed by atoms with Gasteiger partial charge in [-0.3, -0.25) is 15.4 Å². The second kappa shape index (κ2) is 7.34. The van der Waals surface area contributed by atoms with Crippen LogP contribution >= 0.6 is 11.8 Å². The fraction of sp³-hybridized carbons (Fsp3) is 0.778. The molecular formula is C9H20N6S. The van der Waals surface area contributed by atoms with E-state index in [-0.39, 0.29) is 0 Å². The van der Waals surface area contributed by atoms with E-state index in [4.69, 9.17) is 5.84 Å². The lowest BCUT2D eigenvalue weighted by atomic mass is 10.2. The summed E-state index contributed by atoms with van der Waals surface area (Å²) in [6, 6.07) is 0.857. The van der Waals surface area contributed by atoms with Gasteiger partial charge >= 0.3 is 0 Å². The number of hydrogen-bond donors (Lipinski definition) is 4. The molecule has 0 fully saturated rings. The smallest absolute Gasteiger partial charge is 0.205 e. The molecule has 7 heteroatoms. The molecule has 2 unspecified atom stereocenters. The first-order valence-electron chi connectivity index (χ1n) is 5.30. The Morgan fingerprint density at radius 2 is 2.50 bits per heavy atom. The Labute approximate surface area is 101 Å². The zero-order valence-electron chi connectivity index (χ0n) is 9.73. The number of nitrogens with zero attached hydrogens (tertiary/aromatic N) is 2. The molecule has 5 N–H and O–H groups in total. The lowest BCUT2D eigenvalue weighted by Gasteiger charge is -2.14. The van der Waals surface area contributed by atoms with Gasteiger partial charge < -0.3 is 10.6 Å². The topological polar surface area (TPSA) is 86.8 Å². The van der Waals surface area contributed by atoms with Crippen LogP contribution in [0.4, 0.5) is 0 Å². The number of aliphatic imine (C=N–C) groups is 2. The fourth-order valence-electron chi connectivity index (χ4n) is 1.33. The van der Waals surface area contributed by atoms with Gasteiger partial charge in [0, 0.05) is 25.1 Å². The van der Waals surface area contributed by atoms with Crippen molar-refractivity contribution in [3.8, 4) is 0 Å². The third-order valence-electron chi connectivity index (χ3n) is 2.38. The molecular weight excluding hydrogens is 224 g/mol. The molecule has 16 heavy (non-hydrogen) atoms. The van der Waals surface area contributed by atoms with E-state index >= 15 is 0 Å². The number of nitrogens with one attached hydrogen (secondary N) is 3. The summed E-state index contributed by atoms with van der Waals surface area (Å²) in [5.41, 5.74) is 2.49. The normalized spacial score (nSPS) is 24.3. The highest BCUT2D eigenvalue weighted by Crippen LogP contribution is 2.09. The average molecular weight is 244 g/mol. The molecule has 0 aromatic carbocycles. The summed E-state index contributed by atoms with van der Waals surface area (Å²) in [6.45, 7) is 2.98. The first-order chi connectivity index (χ1) is 7.77. The van der Waals surface area contributed by atoms with Gasteiger partial charge in [0.2, 0.25) is 5.96 Å². The minimum atomic E-state index is 0.388. The van der Waals surface area contributed by atoms with E-state index in [9.17, 15) is 0 Å². The Morgan fingerprint density at radius 3 is 3.06 bits per heavy atom. The molecule has 0 aliphatic carbocycles. The van der Waals surface area contributed by atoms with Crippen molar-refractivity contribution >= 4 is 24.1 Å². The van der Waals surface area contributed by atoms with Gasteiger partial charge in [0.1, 0.15) is 0 Å². The van der Waals surface area contributed by atoms with E-state index in [0.29, 0.717) is 18.0 Å². The zero-order chi connectivity index (χ0) is 11.8. The van der Waals surface area contributed by atoms with Crippen molar-refractivity contribution in [2.24, 2.45) is 15.8 Å². The van der Waals surface area contributed by atoms with Crippen molar-refractivity contribution in [1.82, 2.24) is 16.1 Å². The Balaban J connectivity index is 2.00. The van der Waals surface area contributed by atoms with Gasteiger partial charge in [-0.05, 0) is 6.92 Å². The Bertz CT molecular complexity index is 254. The lowest BCUT2D eigenvalue weighted by Crippen LogP contribution is -2.42. The third kappa shape index (κ3) is 4.28. The summed E-state index contributed by atoms with van der Waals surface area (Å²) in [7, 11) is 1.69. The Kier molecular flexibility index (Phi) is 6.02. The van der Waals surface area contributed by atoms with Crippen molar-refractivity contribution in [1.29, 1.82) is 0 Å². The minimum absolute atomic E-state index is 0.388. The summed E-state index contributed by atoms with van der Waals surface area (Å²) < 4.78 is 0. The number of thioether (sulfide) groups is 1. The van der Waals surface area contributed by atoms with Gasteiger partial charge in [-0.25, -0.2) is 5.84 Å². The summed E-state index contributed by atoms with van der Waals surface area (Å²) in [6.07, 6.45) is 1.80. The van der Waals surface area contributed by atoms with Gasteiger partial charge in [-0.1, -0.05) is 0 Å². The molecule has 0 aromatic rings. The predicted octanol–water partition coefficient (Wildman–Crippen LogP) is -0.853. The summed E-state index contributed by atoms with van der Waals surface area (Å²) >= 11 is 1.89. The molecule has 0 radical (unpaired) electrons. The summed E-state index contributed by atoms with van der Waals surface area (Å²) in [4.78, 5) is 8.18. The van der Waals surface area contributed by atoms with Crippen LogP contribution in [-0.4, -0.2) is 49.5 Å². The van der Waals surface area contributed by atoms with E-state index in [1.807, 2.05) is 11.8 Å². The molecule has 1 aliphatic heterocycles. The quantitative estimate of drug-likeness (QED) is 0.166. The van der Waals surface area contributed by atoms with E-state index in [0.717, 1.165) is 18.1 Å². The molecule has 0 bridgehead atoms. The van der Waals surface area contributed by atoms with Gasteiger partial charge in [-0.2, -0.15) is 11.8 Å². The van der Waals surface area contributed by atoms with Gasteiger partial charge in [0.25, 0.3) is 0 Å². The van der Waals surface area contributed by atoms with Crippen molar-refractivity contribution in [3.63, 3.8) is 0 Å². The van der Waals surface area contributed by atoms with Gasteiger partial charge in [0.15, 0.2) is 0 Å². The highest BCUT2D eigenvalue weighted by atomic mass is 32.2. The summed E-state index contributed by atoms with van der Waals surface area (Å²) in [5.74, 6) is 7.95. The maximum atomic E-state index is 5.24. The first-order valence-corrected chi connectivity index (χ1v) is 6.46. The second-order valence-electron chi connectivity index (χ2n) is 3.51. The van der Waals surface area contributed by atoms with Crippen LogP contribution in [0.2, 0.25) is 0 Å². The average Bonchev–Trinajstić information content (AvgIpc) is 2.70. The molecule has 0 aromatic heterocycles. The Morgan fingerprint density at radius 1 is 1.69 bits per heavy atom. The Hall–Kier alpha value is -0.950. The molecule has 0 saturated heterocycles. The van der Waals surface area contributed by atoms with Crippen molar-refractivity contribution in [2.75, 3.05) is 25.1 Å². The van der Waals surface area contributed by atoms with Crippen LogP contribution in [0.1, 0.15) is 6.92 Å². The third-order valence-corrected chi connectivity index (χ3v) is 3.46. The fourth-order valence-corrected chi connectivity index (χ4v) is 2.38. The standard InChI is InChI=1S/C9H20N6S/c1-7-8(14-6-13-7)5-16-4-3-12-9(11-2)15-10/h6-8H,3-5,10H2,1-2H3,(H,13,14)(H2,11,12,15). The molecule has 1 heterocycles. The monoisotopic (exact) mass is 244 g/mol. The van der Waals surface area contributed by atoms with Crippen LogP contribution in [0.25, 0.3) is 0 Å². The maximum absolute atomic E-state index is 5.24. The molecule has 0 spiro atoms. The molecule has 6 nitrogen and oxygen atoms in total. The SMILES string of the molecule is CN=C(NN)NCCSCC1NC=NC1C. The number of nitrogens with two attached hydrogens (primary N) is 1. The molecule has 0 saturated carbocycles. The van der Waals surface area contributed by atoms with E-state index in [1.165, 1.54) is 0 Å². The first kappa shape index (κ1) is 13.1. The molecule has 0 amide bonds. The summed E-state index contributed by atoms with van der Waals surface area (Å²) in [5, 5.41) is 6.34. The molecule has 1 aliphatic rings. The van der Waals surface area contributed by atoms with Gasteiger partial charge in [0.05, 0.1) is 18.4 Å². The van der Waals surface area contributed by atoms with E-state index in [1.54, 1.807) is 13.4 Å². The van der Waals surface area contributed by atoms with Crippen molar-refractivity contribution < 1.29 is 0 Å².